The zero-order valence-corrected chi connectivity index (χ0v) is 16.1. The molecule has 0 spiro atoms. The first-order valence-corrected chi connectivity index (χ1v) is 9.94. The van der Waals surface area contributed by atoms with Crippen molar-refractivity contribution >= 4 is 17.5 Å². The summed E-state index contributed by atoms with van der Waals surface area (Å²) >= 11 is 0. The molecule has 0 radical (unpaired) electrons. The summed E-state index contributed by atoms with van der Waals surface area (Å²) in [5.41, 5.74) is 7.90. The second-order valence-corrected chi connectivity index (χ2v) is 7.11. The highest BCUT2D eigenvalue weighted by atomic mass is 16.5. The normalized spacial score (nSPS) is 17.1. The van der Waals surface area contributed by atoms with E-state index in [4.69, 9.17) is 15.2 Å². The molecule has 0 bridgehead atoms. The molecular weight excluding hydrogens is 354 g/mol. The lowest BCUT2D eigenvalue weighted by molar-refractivity contribution is 0.297. The third-order valence-electron chi connectivity index (χ3n) is 4.94. The molecule has 0 unspecified atom stereocenters. The first-order chi connectivity index (χ1) is 13.8. The number of guanidine groups is 1. The van der Waals surface area contributed by atoms with Gasteiger partial charge in [-0.15, -0.1) is 0 Å². The van der Waals surface area contributed by atoms with Crippen molar-refractivity contribution in [3.8, 4) is 11.5 Å². The summed E-state index contributed by atoms with van der Waals surface area (Å²) in [5, 5.41) is 3.11. The lowest BCUT2D eigenvalue weighted by Crippen LogP contribution is -2.30. The Morgan fingerprint density at radius 3 is 2.64 bits per heavy atom. The Morgan fingerprint density at radius 2 is 1.86 bits per heavy atom. The standard InChI is InChI=1S/C21H27N5O2/c22-21(25-17-6-7-18-19(13-17)28-12-4-11-27-18)24-15-16-5-8-20(23-14-16)26-9-2-1-3-10-26/h5-8,13-14H,1-4,9-12,15H2,(H3,22,24,25). The summed E-state index contributed by atoms with van der Waals surface area (Å²) < 4.78 is 11.3. The van der Waals surface area contributed by atoms with Gasteiger partial charge in [-0.1, -0.05) is 6.07 Å². The maximum atomic E-state index is 6.05. The van der Waals surface area contributed by atoms with Crippen LogP contribution < -0.4 is 25.4 Å². The maximum Gasteiger partial charge on any atom is 0.193 e. The number of pyridine rings is 1. The number of hydrogen-bond acceptors (Lipinski definition) is 5. The van der Waals surface area contributed by atoms with Crippen LogP contribution in [0.5, 0.6) is 11.5 Å². The van der Waals surface area contributed by atoms with Crippen molar-refractivity contribution in [2.24, 2.45) is 10.7 Å². The summed E-state index contributed by atoms with van der Waals surface area (Å²) in [6, 6.07) is 9.83. The van der Waals surface area contributed by atoms with Gasteiger partial charge in [0.25, 0.3) is 0 Å². The van der Waals surface area contributed by atoms with Crippen molar-refractivity contribution < 1.29 is 9.47 Å². The second kappa shape index (κ2) is 8.82. The summed E-state index contributed by atoms with van der Waals surface area (Å²) in [4.78, 5) is 11.4. The molecule has 148 valence electrons. The number of rotatable bonds is 4. The summed E-state index contributed by atoms with van der Waals surface area (Å²) in [7, 11) is 0. The van der Waals surface area contributed by atoms with Crippen LogP contribution in [0.1, 0.15) is 31.2 Å². The van der Waals surface area contributed by atoms with Crippen LogP contribution in [0, 0.1) is 0 Å². The van der Waals surface area contributed by atoms with E-state index in [1.54, 1.807) is 0 Å². The summed E-state index contributed by atoms with van der Waals surface area (Å²) in [6.45, 7) is 4.00. The monoisotopic (exact) mass is 381 g/mol. The molecule has 1 saturated heterocycles. The predicted molar refractivity (Wildman–Crippen MR) is 111 cm³/mol. The van der Waals surface area contributed by atoms with Gasteiger partial charge >= 0.3 is 0 Å². The first-order valence-electron chi connectivity index (χ1n) is 9.94. The number of anilines is 2. The first kappa shape index (κ1) is 18.4. The number of hydrogen-bond donors (Lipinski definition) is 2. The number of nitrogens with two attached hydrogens (primary N) is 1. The van der Waals surface area contributed by atoms with Crippen molar-refractivity contribution in [1.29, 1.82) is 0 Å². The molecule has 3 N–H and O–H groups in total. The van der Waals surface area contributed by atoms with Gasteiger partial charge in [-0.05, 0) is 43.0 Å². The van der Waals surface area contributed by atoms with E-state index in [0.717, 1.165) is 48.1 Å². The van der Waals surface area contributed by atoms with Crippen molar-refractivity contribution in [2.45, 2.75) is 32.2 Å². The van der Waals surface area contributed by atoms with Crippen LogP contribution in [0.25, 0.3) is 0 Å². The number of fused-ring (bicyclic) bond motifs is 1. The van der Waals surface area contributed by atoms with Gasteiger partial charge in [0.2, 0.25) is 0 Å². The third-order valence-corrected chi connectivity index (χ3v) is 4.94. The smallest absolute Gasteiger partial charge is 0.193 e. The second-order valence-electron chi connectivity index (χ2n) is 7.11. The fraction of sp³-hybridized carbons (Fsp3) is 0.429. The molecule has 4 rings (SSSR count). The molecule has 7 heteroatoms. The number of aliphatic imine (C=N–C) groups is 1. The number of aromatic nitrogens is 1. The number of nitrogens with one attached hydrogen (secondary N) is 1. The van der Waals surface area contributed by atoms with E-state index >= 15 is 0 Å². The topological polar surface area (TPSA) is 85.0 Å². The van der Waals surface area contributed by atoms with Crippen molar-refractivity contribution in [1.82, 2.24) is 4.98 Å². The Kier molecular flexibility index (Phi) is 5.80. The van der Waals surface area contributed by atoms with Crippen LogP contribution in [0.4, 0.5) is 11.5 Å². The van der Waals surface area contributed by atoms with Gasteiger partial charge in [-0.3, -0.25) is 0 Å². The van der Waals surface area contributed by atoms with Gasteiger partial charge in [0.05, 0.1) is 19.8 Å². The fourth-order valence-corrected chi connectivity index (χ4v) is 3.43. The van der Waals surface area contributed by atoms with Crippen LogP contribution in [0.2, 0.25) is 0 Å². The average molecular weight is 381 g/mol. The number of nitrogens with zero attached hydrogens (tertiary/aromatic N) is 3. The minimum Gasteiger partial charge on any atom is -0.490 e. The van der Waals surface area contributed by atoms with E-state index in [-0.39, 0.29) is 0 Å². The van der Waals surface area contributed by atoms with Crippen LogP contribution in [0.3, 0.4) is 0 Å². The molecule has 1 fully saturated rings. The number of benzene rings is 1. The summed E-state index contributed by atoms with van der Waals surface area (Å²) in [6.07, 6.45) is 6.57. The largest absolute Gasteiger partial charge is 0.490 e. The lowest BCUT2D eigenvalue weighted by Gasteiger charge is -2.27. The molecule has 2 aliphatic rings. The highest BCUT2D eigenvalue weighted by Gasteiger charge is 2.12. The van der Waals surface area contributed by atoms with Crippen LogP contribution >= 0.6 is 0 Å². The quantitative estimate of drug-likeness (QED) is 0.625. The SMILES string of the molecule is NC(=NCc1ccc(N2CCCCC2)nc1)Nc1ccc2c(c1)OCCCO2. The molecule has 0 amide bonds. The molecule has 3 heterocycles. The van der Waals surface area contributed by atoms with E-state index < -0.39 is 0 Å². The number of piperidine rings is 1. The van der Waals surface area contributed by atoms with Crippen LogP contribution in [-0.2, 0) is 6.54 Å². The predicted octanol–water partition coefficient (Wildman–Crippen LogP) is 3.16. The van der Waals surface area contributed by atoms with Crippen LogP contribution in [0.15, 0.2) is 41.5 Å². The Bertz CT molecular complexity index is 816. The van der Waals surface area contributed by atoms with E-state index in [0.29, 0.717) is 25.7 Å². The Hall–Kier alpha value is -2.96. The van der Waals surface area contributed by atoms with Gasteiger partial charge in [0.15, 0.2) is 17.5 Å². The van der Waals surface area contributed by atoms with Gasteiger partial charge < -0.3 is 25.4 Å². The molecule has 2 aromatic rings. The molecule has 2 aliphatic heterocycles. The average Bonchev–Trinajstić information content (AvgIpc) is 2.98. The van der Waals surface area contributed by atoms with Crippen molar-refractivity contribution in [3.05, 3.63) is 42.1 Å². The molecule has 7 nitrogen and oxygen atoms in total. The Labute approximate surface area is 165 Å². The Morgan fingerprint density at radius 1 is 1.04 bits per heavy atom. The zero-order chi connectivity index (χ0) is 19.2. The van der Waals surface area contributed by atoms with E-state index in [2.05, 4.69) is 32.3 Å². The minimum atomic E-state index is 0.356. The highest BCUT2D eigenvalue weighted by molar-refractivity contribution is 5.92. The highest BCUT2D eigenvalue weighted by Crippen LogP contribution is 2.32. The molecule has 0 atom stereocenters. The fourth-order valence-electron chi connectivity index (χ4n) is 3.43. The molecular formula is C21H27N5O2. The van der Waals surface area contributed by atoms with E-state index in [9.17, 15) is 0 Å². The van der Waals surface area contributed by atoms with Crippen LogP contribution in [-0.4, -0.2) is 37.2 Å². The van der Waals surface area contributed by atoms with Gasteiger partial charge in [-0.2, -0.15) is 0 Å². The van der Waals surface area contributed by atoms with E-state index in [1.807, 2.05) is 24.4 Å². The molecule has 0 aliphatic carbocycles. The third kappa shape index (κ3) is 4.65. The van der Waals surface area contributed by atoms with Crippen molar-refractivity contribution in [2.75, 3.05) is 36.5 Å². The Balaban J connectivity index is 1.35. The van der Waals surface area contributed by atoms with E-state index in [1.165, 1.54) is 19.3 Å². The molecule has 1 aromatic heterocycles. The van der Waals surface area contributed by atoms with Gasteiger partial charge in [-0.25, -0.2) is 9.98 Å². The van der Waals surface area contributed by atoms with Crippen molar-refractivity contribution in [3.63, 3.8) is 0 Å². The summed E-state index contributed by atoms with van der Waals surface area (Å²) in [5.74, 6) is 2.89. The lowest BCUT2D eigenvalue weighted by atomic mass is 10.1. The number of ether oxygens (including phenoxy) is 2. The molecule has 0 saturated carbocycles. The molecule has 1 aromatic carbocycles. The minimum absolute atomic E-state index is 0.356. The van der Waals surface area contributed by atoms with Gasteiger partial charge in [0.1, 0.15) is 5.82 Å². The maximum absolute atomic E-state index is 6.05. The zero-order valence-electron chi connectivity index (χ0n) is 16.1. The molecule has 28 heavy (non-hydrogen) atoms. The van der Waals surface area contributed by atoms with Gasteiger partial charge in [0, 0.05) is 37.5 Å².